The van der Waals surface area contributed by atoms with Crippen LogP contribution in [0, 0.1) is 0 Å². The van der Waals surface area contributed by atoms with Gasteiger partial charge in [-0.05, 0) is 42.8 Å². The standard InChI is InChI=1S/C19H16ClN3O4S2/c1-11-18(24)21-15-8-13(4-7-17(15)27-11)16-9-28-19(22-16)23-29(25,26)10-12-2-5-14(20)6-3-12/h2-9,11H,10H2,1H3,(H,21,24)(H,22,23). The summed E-state index contributed by atoms with van der Waals surface area (Å²) in [5.74, 6) is 0.183. The molecule has 150 valence electrons. The maximum atomic E-state index is 12.4. The molecule has 1 unspecified atom stereocenters. The number of thiazole rings is 1. The Kier molecular flexibility index (Phi) is 5.20. The first kappa shape index (κ1) is 19.7. The van der Waals surface area contributed by atoms with Gasteiger partial charge in [0.15, 0.2) is 11.2 Å². The predicted octanol–water partition coefficient (Wildman–Crippen LogP) is 4.12. The Balaban J connectivity index is 1.50. The smallest absolute Gasteiger partial charge is 0.265 e. The average Bonchev–Trinajstić information content (AvgIpc) is 3.11. The van der Waals surface area contributed by atoms with Crippen molar-refractivity contribution in [3.63, 3.8) is 0 Å². The second-order valence-electron chi connectivity index (χ2n) is 6.49. The van der Waals surface area contributed by atoms with E-state index < -0.39 is 16.1 Å². The van der Waals surface area contributed by atoms with E-state index in [0.29, 0.717) is 27.7 Å². The van der Waals surface area contributed by atoms with E-state index in [2.05, 4.69) is 15.0 Å². The molecule has 0 radical (unpaired) electrons. The molecular weight excluding hydrogens is 434 g/mol. The molecule has 0 bridgehead atoms. The summed E-state index contributed by atoms with van der Waals surface area (Å²) in [7, 11) is -3.62. The van der Waals surface area contributed by atoms with Crippen molar-refractivity contribution in [3.05, 3.63) is 58.4 Å². The molecule has 29 heavy (non-hydrogen) atoms. The van der Waals surface area contributed by atoms with E-state index in [0.717, 1.165) is 5.56 Å². The zero-order valence-electron chi connectivity index (χ0n) is 15.2. The van der Waals surface area contributed by atoms with Gasteiger partial charge >= 0.3 is 0 Å². The molecule has 0 saturated carbocycles. The minimum absolute atomic E-state index is 0.181. The zero-order valence-corrected chi connectivity index (χ0v) is 17.6. The van der Waals surface area contributed by atoms with Gasteiger partial charge in [0.2, 0.25) is 10.0 Å². The molecule has 2 N–H and O–H groups in total. The number of rotatable bonds is 5. The molecule has 0 fully saturated rings. The van der Waals surface area contributed by atoms with Gasteiger partial charge < -0.3 is 10.1 Å². The van der Waals surface area contributed by atoms with E-state index in [4.69, 9.17) is 16.3 Å². The highest BCUT2D eigenvalue weighted by atomic mass is 35.5. The summed E-state index contributed by atoms with van der Waals surface area (Å²) < 4.78 is 32.9. The third kappa shape index (κ3) is 4.52. The Morgan fingerprint density at radius 1 is 1.24 bits per heavy atom. The van der Waals surface area contributed by atoms with E-state index in [9.17, 15) is 13.2 Å². The van der Waals surface area contributed by atoms with Crippen LogP contribution in [0.1, 0.15) is 12.5 Å². The zero-order chi connectivity index (χ0) is 20.6. The van der Waals surface area contributed by atoms with Gasteiger partial charge in [-0.1, -0.05) is 23.7 Å². The molecule has 1 aliphatic rings. The number of carbonyl (C=O) groups excluding carboxylic acids is 1. The molecule has 0 spiro atoms. The van der Waals surface area contributed by atoms with E-state index in [-0.39, 0.29) is 16.8 Å². The average molecular weight is 450 g/mol. The number of aromatic nitrogens is 1. The van der Waals surface area contributed by atoms with Crippen molar-refractivity contribution in [1.82, 2.24) is 4.98 Å². The third-order valence-corrected chi connectivity index (χ3v) is 6.58. The minimum Gasteiger partial charge on any atom is -0.479 e. The van der Waals surface area contributed by atoms with Gasteiger partial charge in [-0.3, -0.25) is 9.52 Å². The third-order valence-electron chi connectivity index (χ3n) is 4.22. The topological polar surface area (TPSA) is 97.4 Å². The van der Waals surface area contributed by atoms with Gasteiger partial charge in [0.1, 0.15) is 5.75 Å². The Hall–Kier alpha value is -2.62. The molecule has 10 heteroatoms. The van der Waals surface area contributed by atoms with E-state index in [1.807, 2.05) is 6.07 Å². The highest BCUT2D eigenvalue weighted by Crippen LogP contribution is 2.35. The first-order valence-corrected chi connectivity index (χ1v) is 11.5. The molecule has 1 aliphatic heterocycles. The molecule has 2 aromatic carbocycles. The summed E-state index contributed by atoms with van der Waals surface area (Å²) >= 11 is 7.01. The number of sulfonamides is 1. The molecular formula is C19H16ClN3O4S2. The number of halogens is 1. The van der Waals surface area contributed by atoms with Crippen molar-refractivity contribution in [2.45, 2.75) is 18.8 Å². The largest absolute Gasteiger partial charge is 0.479 e. The number of carbonyl (C=O) groups is 1. The summed E-state index contributed by atoms with van der Waals surface area (Å²) in [6.07, 6.45) is -0.547. The number of nitrogens with zero attached hydrogens (tertiary/aromatic N) is 1. The van der Waals surface area contributed by atoms with Crippen LogP contribution in [-0.4, -0.2) is 25.4 Å². The molecule has 1 atom stereocenters. The molecule has 3 aromatic rings. The second-order valence-corrected chi connectivity index (χ2v) is 9.50. The Bertz CT molecular complexity index is 1180. The molecule has 0 aliphatic carbocycles. The quantitative estimate of drug-likeness (QED) is 0.610. The highest BCUT2D eigenvalue weighted by molar-refractivity contribution is 7.92. The van der Waals surface area contributed by atoms with Crippen LogP contribution in [-0.2, 0) is 20.6 Å². The van der Waals surface area contributed by atoms with Crippen molar-refractivity contribution in [2.75, 3.05) is 10.0 Å². The lowest BCUT2D eigenvalue weighted by molar-refractivity contribution is -0.122. The fourth-order valence-electron chi connectivity index (χ4n) is 2.79. The Morgan fingerprint density at radius 2 is 2.00 bits per heavy atom. The van der Waals surface area contributed by atoms with Crippen LogP contribution in [0.25, 0.3) is 11.3 Å². The second kappa shape index (κ2) is 7.66. The maximum Gasteiger partial charge on any atom is 0.265 e. The number of benzene rings is 2. The van der Waals surface area contributed by atoms with Crippen molar-refractivity contribution >= 4 is 49.7 Å². The number of hydrogen-bond donors (Lipinski definition) is 2. The normalized spacial score (nSPS) is 15.9. The van der Waals surface area contributed by atoms with Crippen LogP contribution in [0.4, 0.5) is 10.8 Å². The van der Waals surface area contributed by atoms with E-state index >= 15 is 0 Å². The number of anilines is 2. The van der Waals surface area contributed by atoms with Gasteiger partial charge in [-0.15, -0.1) is 11.3 Å². The lowest BCUT2D eigenvalue weighted by atomic mass is 10.1. The number of fused-ring (bicyclic) bond motifs is 1. The number of hydrogen-bond acceptors (Lipinski definition) is 6. The predicted molar refractivity (Wildman–Crippen MR) is 114 cm³/mol. The van der Waals surface area contributed by atoms with Crippen LogP contribution in [0.5, 0.6) is 5.75 Å². The fraction of sp³-hybridized carbons (Fsp3) is 0.158. The molecule has 4 rings (SSSR count). The minimum atomic E-state index is -3.62. The monoisotopic (exact) mass is 449 g/mol. The summed E-state index contributed by atoms with van der Waals surface area (Å²) in [6, 6.07) is 11.9. The van der Waals surface area contributed by atoms with E-state index in [1.54, 1.807) is 48.7 Å². The Labute approximate surface area is 176 Å². The van der Waals surface area contributed by atoms with Crippen molar-refractivity contribution in [3.8, 4) is 17.0 Å². The van der Waals surface area contributed by atoms with Crippen LogP contribution in [0.3, 0.4) is 0 Å². The lowest BCUT2D eigenvalue weighted by Gasteiger charge is -2.23. The summed E-state index contributed by atoms with van der Waals surface area (Å²) in [4.78, 5) is 16.2. The maximum absolute atomic E-state index is 12.4. The van der Waals surface area contributed by atoms with Gasteiger partial charge in [0.25, 0.3) is 5.91 Å². The van der Waals surface area contributed by atoms with Crippen LogP contribution in [0.15, 0.2) is 47.8 Å². The molecule has 2 heterocycles. The molecule has 0 saturated heterocycles. The summed E-state index contributed by atoms with van der Waals surface area (Å²) in [5, 5.41) is 5.34. The molecule has 1 amide bonds. The van der Waals surface area contributed by atoms with Crippen LogP contribution >= 0.6 is 22.9 Å². The Morgan fingerprint density at radius 3 is 2.76 bits per heavy atom. The molecule has 1 aromatic heterocycles. The fourth-order valence-corrected chi connectivity index (χ4v) is 5.07. The van der Waals surface area contributed by atoms with Crippen molar-refractivity contribution in [1.29, 1.82) is 0 Å². The number of ether oxygens (including phenoxy) is 1. The SMILES string of the molecule is CC1Oc2ccc(-c3csc(NS(=O)(=O)Cc4ccc(Cl)cc4)n3)cc2NC1=O. The summed E-state index contributed by atoms with van der Waals surface area (Å²) in [5.41, 5.74) is 2.51. The van der Waals surface area contributed by atoms with Crippen molar-refractivity contribution in [2.24, 2.45) is 0 Å². The number of amides is 1. The van der Waals surface area contributed by atoms with Crippen LogP contribution < -0.4 is 14.8 Å². The number of nitrogens with one attached hydrogen (secondary N) is 2. The van der Waals surface area contributed by atoms with Crippen LogP contribution in [0.2, 0.25) is 5.02 Å². The van der Waals surface area contributed by atoms with Gasteiger partial charge in [-0.25, -0.2) is 13.4 Å². The lowest BCUT2D eigenvalue weighted by Crippen LogP contribution is -2.34. The van der Waals surface area contributed by atoms with Crippen molar-refractivity contribution < 1.29 is 17.9 Å². The summed E-state index contributed by atoms with van der Waals surface area (Å²) in [6.45, 7) is 1.68. The van der Waals surface area contributed by atoms with Gasteiger partial charge in [0.05, 0.1) is 17.1 Å². The highest BCUT2D eigenvalue weighted by Gasteiger charge is 2.24. The van der Waals surface area contributed by atoms with E-state index in [1.165, 1.54) is 11.3 Å². The first-order chi connectivity index (χ1) is 13.8. The molecule has 7 nitrogen and oxygen atoms in total. The van der Waals surface area contributed by atoms with Gasteiger partial charge in [-0.2, -0.15) is 0 Å². The first-order valence-electron chi connectivity index (χ1n) is 8.61. The van der Waals surface area contributed by atoms with Gasteiger partial charge in [0, 0.05) is 16.0 Å².